The molecule has 1 aromatic rings. The van der Waals surface area contributed by atoms with E-state index in [4.69, 9.17) is 7.79 Å². The van der Waals surface area contributed by atoms with Crippen LogP contribution in [0, 0.1) is 12.3 Å². The monoisotopic (exact) mass is 188 g/mol. The van der Waals surface area contributed by atoms with Crippen LogP contribution in [-0.4, -0.2) is 11.7 Å². The minimum atomic E-state index is -0.942. The quantitative estimate of drug-likeness (QED) is 0.687. The van der Waals surface area contributed by atoms with Crippen molar-refractivity contribution >= 4 is 0 Å². The van der Waals surface area contributed by atoms with Crippen LogP contribution in [0.3, 0.4) is 0 Å². The molecule has 0 heterocycles. The van der Waals surface area contributed by atoms with E-state index >= 15 is 0 Å². The van der Waals surface area contributed by atoms with Gasteiger partial charge in [-0.3, -0.25) is 5.32 Å². The van der Waals surface area contributed by atoms with Crippen LogP contribution in [-0.2, 0) is 0 Å². The summed E-state index contributed by atoms with van der Waals surface area (Å²) in [5.74, 6) is 2.45. The van der Waals surface area contributed by atoms with Gasteiger partial charge >= 0.3 is 0 Å². The Morgan fingerprint density at radius 3 is 3.00 bits per heavy atom. The molecule has 1 aliphatic rings. The smallest absolute Gasteiger partial charge is 0.0811 e. The summed E-state index contributed by atoms with van der Waals surface area (Å²) in [6.45, 7) is 0.338. The number of aliphatic hydroxyl groups is 1. The summed E-state index contributed by atoms with van der Waals surface area (Å²) in [6.07, 6.45) is 4.95. The Kier molecular flexibility index (Phi) is 2.20. The van der Waals surface area contributed by atoms with Crippen molar-refractivity contribution in [3.05, 3.63) is 35.4 Å². The lowest BCUT2D eigenvalue weighted by molar-refractivity contribution is 0.169. The van der Waals surface area contributed by atoms with Crippen molar-refractivity contribution in [1.82, 2.24) is 5.32 Å². The molecule has 0 saturated heterocycles. The summed E-state index contributed by atoms with van der Waals surface area (Å²) < 4.78 is 8.23. The second kappa shape index (κ2) is 3.83. The molecule has 2 heteroatoms. The topological polar surface area (TPSA) is 32.3 Å². The summed E-state index contributed by atoms with van der Waals surface area (Å²) in [6, 6.07) is 6.52. The van der Waals surface area contributed by atoms with E-state index in [0.717, 1.165) is 11.1 Å². The van der Waals surface area contributed by atoms with Gasteiger partial charge < -0.3 is 5.11 Å². The standard InChI is InChI=1S/C12H13NO/c1-2-7-13-11-8-12(14)10-6-4-3-5-9(10)11/h1,3-6,11-14H,7-8H2/t11-,12?/m1/s1/i11D. The first kappa shape index (κ1) is 8.05. The molecule has 0 aliphatic heterocycles. The summed E-state index contributed by atoms with van der Waals surface area (Å²) >= 11 is 0. The highest BCUT2D eigenvalue weighted by Crippen LogP contribution is 2.37. The van der Waals surface area contributed by atoms with Gasteiger partial charge in [-0.15, -0.1) is 6.42 Å². The van der Waals surface area contributed by atoms with Crippen molar-refractivity contribution < 1.29 is 6.48 Å². The zero-order valence-electron chi connectivity index (χ0n) is 8.83. The summed E-state index contributed by atoms with van der Waals surface area (Å²) in [5.41, 5.74) is 1.66. The SMILES string of the molecule is [2H][C@@]1(NCC#C)CC(O)c2ccccc21. The summed E-state index contributed by atoms with van der Waals surface area (Å²) in [7, 11) is 0. The molecule has 0 bridgehead atoms. The zero-order chi connectivity index (χ0) is 10.9. The van der Waals surface area contributed by atoms with E-state index in [1.165, 1.54) is 0 Å². The normalized spacial score (nSPS) is 30.6. The number of rotatable bonds is 2. The number of aliphatic hydroxyl groups excluding tert-OH is 1. The highest BCUT2D eigenvalue weighted by atomic mass is 16.3. The fraction of sp³-hybridized carbons (Fsp3) is 0.333. The van der Waals surface area contributed by atoms with Gasteiger partial charge in [-0.1, -0.05) is 30.2 Å². The summed E-state index contributed by atoms with van der Waals surface area (Å²) in [4.78, 5) is 0. The van der Waals surface area contributed by atoms with E-state index in [2.05, 4.69) is 11.2 Å². The number of hydrogen-bond acceptors (Lipinski definition) is 2. The predicted molar refractivity (Wildman–Crippen MR) is 55.6 cm³/mol. The van der Waals surface area contributed by atoms with Crippen molar-refractivity contribution in [2.24, 2.45) is 0 Å². The van der Waals surface area contributed by atoms with Crippen molar-refractivity contribution in [3.63, 3.8) is 0 Å². The van der Waals surface area contributed by atoms with Crippen LogP contribution in [0.5, 0.6) is 0 Å². The van der Waals surface area contributed by atoms with Gasteiger partial charge in [0.2, 0.25) is 0 Å². The lowest BCUT2D eigenvalue weighted by atomic mass is 10.1. The molecular weight excluding hydrogens is 174 g/mol. The Morgan fingerprint density at radius 1 is 1.57 bits per heavy atom. The Hall–Kier alpha value is -1.30. The Bertz CT molecular complexity index is 412. The van der Waals surface area contributed by atoms with Gasteiger partial charge in [0.25, 0.3) is 0 Å². The van der Waals surface area contributed by atoms with E-state index < -0.39 is 12.1 Å². The van der Waals surface area contributed by atoms with Crippen molar-refractivity contribution in [2.75, 3.05) is 6.54 Å². The molecule has 72 valence electrons. The lowest BCUT2D eigenvalue weighted by Crippen LogP contribution is -2.19. The molecule has 0 amide bonds. The van der Waals surface area contributed by atoms with Gasteiger partial charge in [-0.25, -0.2) is 0 Å². The third kappa shape index (κ3) is 1.52. The zero-order valence-corrected chi connectivity index (χ0v) is 7.83. The third-order valence-electron chi connectivity index (χ3n) is 2.45. The first-order chi connectivity index (χ1) is 7.17. The van der Waals surface area contributed by atoms with Gasteiger partial charge in [-0.05, 0) is 17.5 Å². The molecule has 1 unspecified atom stereocenters. The molecule has 1 aliphatic carbocycles. The van der Waals surface area contributed by atoms with Gasteiger partial charge in [0.1, 0.15) is 0 Å². The second-order valence-electron chi connectivity index (χ2n) is 3.34. The molecule has 0 spiro atoms. The third-order valence-corrected chi connectivity index (χ3v) is 2.45. The number of hydrogen-bond donors (Lipinski definition) is 2. The average molecular weight is 188 g/mol. The molecule has 14 heavy (non-hydrogen) atoms. The first-order valence-corrected chi connectivity index (χ1v) is 4.63. The maximum Gasteiger partial charge on any atom is 0.0811 e. The maximum atomic E-state index is 9.80. The molecular formula is C12H13NO. The maximum absolute atomic E-state index is 9.80. The molecule has 2 N–H and O–H groups in total. The van der Waals surface area contributed by atoms with Gasteiger partial charge in [0.05, 0.1) is 14.0 Å². The van der Waals surface area contributed by atoms with Crippen LogP contribution >= 0.6 is 0 Å². The molecule has 1 aromatic carbocycles. The largest absolute Gasteiger partial charge is 0.388 e. The van der Waals surface area contributed by atoms with Crippen LogP contribution in [0.4, 0.5) is 0 Å². The fourth-order valence-corrected chi connectivity index (χ4v) is 1.80. The highest BCUT2D eigenvalue weighted by Gasteiger charge is 2.28. The molecule has 0 radical (unpaired) electrons. The van der Waals surface area contributed by atoms with Crippen molar-refractivity contribution in [3.8, 4) is 12.3 Å². The molecule has 0 fully saturated rings. The van der Waals surface area contributed by atoms with E-state index in [-0.39, 0.29) is 0 Å². The number of nitrogens with one attached hydrogen (secondary N) is 1. The van der Waals surface area contributed by atoms with Gasteiger partial charge in [0.15, 0.2) is 0 Å². The Labute approximate surface area is 85.4 Å². The van der Waals surface area contributed by atoms with E-state index in [0.29, 0.717) is 13.0 Å². The molecule has 2 rings (SSSR count). The molecule has 2 nitrogen and oxygen atoms in total. The fourth-order valence-electron chi connectivity index (χ4n) is 1.80. The van der Waals surface area contributed by atoms with E-state index in [1.54, 1.807) is 0 Å². The predicted octanol–water partition coefficient (Wildman–Crippen LogP) is 1.39. The second-order valence-corrected chi connectivity index (χ2v) is 3.34. The first-order valence-electron chi connectivity index (χ1n) is 5.13. The highest BCUT2D eigenvalue weighted by molar-refractivity contribution is 5.36. The van der Waals surface area contributed by atoms with Crippen LogP contribution in [0.25, 0.3) is 0 Å². The van der Waals surface area contributed by atoms with Gasteiger partial charge in [0, 0.05) is 6.02 Å². The Balaban J connectivity index is 2.35. The van der Waals surface area contributed by atoms with Crippen molar-refractivity contribution in [1.29, 1.82) is 0 Å². The number of benzene rings is 1. The van der Waals surface area contributed by atoms with E-state index in [1.807, 2.05) is 24.3 Å². The Morgan fingerprint density at radius 2 is 2.29 bits per heavy atom. The van der Waals surface area contributed by atoms with Crippen LogP contribution < -0.4 is 5.32 Å². The van der Waals surface area contributed by atoms with Crippen LogP contribution in [0.2, 0.25) is 0 Å². The number of fused-ring (bicyclic) bond motifs is 1. The summed E-state index contributed by atoms with van der Waals surface area (Å²) in [5, 5.41) is 12.8. The van der Waals surface area contributed by atoms with Crippen LogP contribution in [0.1, 0.15) is 31.0 Å². The minimum Gasteiger partial charge on any atom is -0.388 e. The van der Waals surface area contributed by atoms with Gasteiger partial charge in [-0.2, -0.15) is 0 Å². The lowest BCUT2D eigenvalue weighted by Gasteiger charge is -2.10. The van der Waals surface area contributed by atoms with E-state index in [9.17, 15) is 5.11 Å². The van der Waals surface area contributed by atoms with Crippen molar-refractivity contribution in [2.45, 2.75) is 18.5 Å². The minimum absolute atomic E-state index is 0.338. The molecule has 0 aromatic heterocycles. The average Bonchev–Trinajstić information content (AvgIpc) is 2.50. The molecule has 2 atom stereocenters. The number of terminal acetylenes is 1. The van der Waals surface area contributed by atoms with Crippen LogP contribution in [0.15, 0.2) is 24.3 Å². The molecule has 0 saturated carbocycles.